The van der Waals surface area contributed by atoms with E-state index in [1.807, 2.05) is 102 Å². The molecule has 7 nitrogen and oxygen atoms in total. The summed E-state index contributed by atoms with van der Waals surface area (Å²) in [6.07, 6.45) is 5.79. The van der Waals surface area contributed by atoms with Gasteiger partial charge in [0.15, 0.2) is 4.80 Å². The van der Waals surface area contributed by atoms with Crippen molar-refractivity contribution < 1.29 is 9.53 Å². The van der Waals surface area contributed by atoms with Gasteiger partial charge in [0.25, 0.3) is 5.56 Å². The van der Waals surface area contributed by atoms with Crippen LogP contribution in [0.2, 0.25) is 0 Å². The summed E-state index contributed by atoms with van der Waals surface area (Å²) in [5.41, 5.74) is 4.81. The first-order valence-corrected chi connectivity index (χ1v) is 15.9. The number of benzene rings is 3. The van der Waals surface area contributed by atoms with Crippen LogP contribution in [-0.4, -0.2) is 33.7 Å². The van der Waals surface area contributed by atoms with Gasteiger partial charge in [-0.1, -0.05) is 69.7 Å². The Morgan fingerprint density at radius 1 is 1.05 bits per heavy atom. The molecule has 0 bridgehead atoms. The maximum Gasteiger partial charge on any atom is 0.338 e. The van der Waals surface area contributed by atoms with Gasteiger partial charge < -0.3 is 4.74 Å². The van der Waals surface area contributed by atoms with E-state index in [1.165, 1.54) is 18.4 Å². The number of methoxy groups -OCH3 is 1. The Hall–Kier alpha value is -3.99. The average Bonchev–Trinajstić information content (AvgIpc) is 3.57. The Balaban J connectivity index is 1.56. The van der Waals surface area contributed by atoms with E-state index < -0.39 is 12.0 Å². The lowest BCUT2D eigenvalue weighted by atomic mass is 9.96. The van der Waals surface area contributed by atoms with Crippen molar-refractivity contribution in [1.82, 2.24) is 14.3 Å². The van der Waals surface area contributed by atoms with Crippen LogP contribution in [-0.2, 0) is 9.53 Å². The highest BCUT2D eigenvalue weighted by Gasteiger charge is 2.33. The number of rotatable bonds is 6. The van der Waals surface area contributed by atoms with Crippen molar-refractivity contribution in [2.24, 2.45) is 4.99 Å². The minimum absolute atomic E-state index is 0.235. The molecule has 1 aliphatic heterocycles. The van der Waals surface area contributed by atoms with Gasteiger partial charge in [-0.15, -0.1) is 11.8 Å². The van der Waals surface area contributed by atoms with Gasteiger partial charge in [-0.3, -0.25) is 9.36 Å². The van der Waals surface area contributed by atoms with Crippen LogP contribution in [0.1, 0.15) is 24.1 Å². The number of nitrogens with zero attached hydrogens (tertiary/aromatic N) is 4. The Morgan fingerprint density at radius 3 is 2.43 bits per heavy atom. The number of thiazole rings is 1. The quantitative estimate of drug-likeness (QED) is 0.172. The third-order valence-electron chi connectivity index (χ3n) is 7.03. The SMILES string of the molecule is COC(=O)C1=C(C)N=c2sc(=Cc3cn(-c4ccccc4)nc3-c3ccc(Br)cc3)c(=O)n2C1c1ccc(SC)cc1. The predicted molar refractivity (Wildman–Crippen MR) is 171 cm³/mol. The second kappa shape index (κ2) is 11.7. The van der Waals surface area contributed by atoms with Crippen molar-refractivity contribution in [3.8, 4) is 16.9 Å². The van der Waals surface area contributed by atoms with Crippen molar-refractivity contribution in [2.75, 3.05) is 13.4 Å². The van der Waals surface area contributed by atoms with Crippen LogP contribution in [0.3, 0.4) is 0 Å². The monoisotopic (exact) mass is 656 g/mol. The lowest BCUT2D eigenvalue weighted by Gasteiger charge is -2.24. The fourth-order valence-electron chi connectivity index (χ4n) is 4.97. The van der Waals surface area contributed by atoms with E-state index in [-0.39, 0.29) is 5.56 Å². The van der Waals surface area contributed by atoms with Gasteiger partial charge in [0, 0.05) is 26.7 Å². The summed E-state index contributed by atoms with van der Waals surface area (Å²) in [5.74, 6) is -0.508. The summed E-state index contributed by atoms with van der Waals surface area (Å²) in [6, 6.07) is 25.0. The molecule has 5 aromatic rings. The number of halogens is 1. The molecule has 0 N–H and O–H groups in total. The number of aromatic nitrogens is 3. The molecule has 1 unspecified atom stereocenters. The zero-order valence-corrected chi connectivity index (χ0v) is 26.2. The van der Waals surface area contributed by atoms with Gasteiger partial charge >= 0.3 is 5.97 Å². The Kier molecular flexibility index (Phi) is 7.85. The van der Waals surface area contributed by atoms with Crippen molar-refractivity contribution >= 4 is 51.1 Å². The summed E-state index contributed by atoms with van der Waals surface area (Å²) >= 11 is 6.43. The largest absolute Gasteiger partial charge is 0.466 e. The number of hydrogen-bond donors (Lipinski definition) is 0. The second-order valence-electron chi connectivity index (χ2n) is 9.57. The molecule has 0 saturated heterocycles. The lowest BCUT2D eigenvalue weighted by molar-refractivity contribution is -0.136. The molecule has 6 rings (SSSR count). The minimum atomic E-state index is -0.662. The maximum atomic E-state index is 14.1. The molecule has 1 aliphatic rings. The summed E-state index contributed by atoms with van der Waals surface area (Å²) < 4.78 is 10.0. The summed E-state index contributed by atoms with van der Waals surface area (Å²) in [7, 11) is 1.34. The minimum Gasteiger partial charge on any atom is -0.466 e. The highest BCUT2D eigenvalue weighted by Crippen LogP contribution is 2.32. The van der Waals surface area contributed by atoms with Crippen LogP contribution in [0, 0.1) is 0 Å². The number of allylic oxidation sites excluding steroid dienone is 1. The molecular weight excluding hydrogens is 632 g/mol. The Bertz CT molecular complexity index is 2010. The number of carbonyl (C=O) groups is 1. The van der Waals surface area contributed by atoms with Crippen molar-refractivity contribution in [1.29, 1.82) is 0 Å². The molecule has 3 aromatic carbocycles. The van der Waals surface area contributed by atoms with Gasteiger partial charge in [-0.25, -0.2) is 14.5 Å². The number of ether oxygens (including phenoxy) is 1. The zero-order valence-electron chi connectivity index (χ0n) is 22.9. The molecule has 2 aromatic heterocycles. The summed E-state index contributed by atoms with van der Waals surface area (Å²) in [5, 5.41) is 4.90. The maximum absolute atomic E-state index is 14.1. The highest BCUT2D eigenvalue weighted by molar-refractivity contribution is 9.10. The average molecular weight is 658 g/mol. The van der Waals surface area contributed by atoms with Crippen LogP contribution >= 0.6 is 39.0 Å². The van der Waals surface area contributed by atoms with Gasteiger partial charge in [0.05, 0.1) is 40.3 Å². The second-order valence-corrected chi connectivity index (χ2v) is 12.4. The van der Waals surface area contributed by atoms with Gasteiger partial charge in [0.2, 0.25) is 0 Å². The number of carbonyl (C=O) groups excluding carboxylic acids is 1. The van der Waals surface area contributed by atoms with Gasteiger partial charge in [-0.2, -0.15) is 5.10 Å². The molecule has 0 fully saturated rings. The molecule has 3 heterocycles. The predicted octanol–water partition coefficient (Wildman–Crippen LogP) is 5.75. The molecule has 210 valence electrons. The number of esters is 1. The number of fused-ring (bicyclic) bond motifs is 1. The van der Waals surface area contributed by atoms with E-state index >= 15 is 0 Å². The van der Waals surface area contributed by atoms with E-state index in [0.29, 0.717) is 20.6 Å². The van der Waals surface area contributed by atoms with Crippen LogP contribution < -0.4 is 14.9 Å². The number of thioether (sulfide) groups is 1. The standard InChI is InChI=1S/C32H25BrN4O3S2/c1-19-27(31(39)40-2)29(21-11-15-25(41-3)16-12-21)37-30(38)26(42-32(37)34-19)17-22-18-36(24-7-5-4-6-8-24)35-28(22)20-9-13-23(33)14-10-20/h4-18,29H,1-3H3. The molecule has 0 spiro atoms. The zero-order chi connectivity index (χ0) is 29.4. The van der Waals surface area contributed by atoms with Crippen molar-refractivity contribution in [3.05, 3.63) is 132 Å². The molecule has 0 radical (unpaired) electrons. The van der Waals surface area contributed by atoms with Crippen molar-refractivity contribution in [3.63, 3.8) is 0 Å². The summed E-state index contributed by atoms with van der Waals surface area (Å²) in [4.78, 5) is 33.4. The molecule has 0 saturated carbocycles. The normalized spacial score (nSPS) is 15.0. The fourth-order valence-corrected chi connectivity index (χ4v) is 6.68. The molecule has 0 aliphatic carbocycles. The first kappa shape index (κ1) is 28.1. The smallest absolute Gasteiger partial charge is 0.338 e. The Labute approximate surface area is 258 Å². The molecule has 42 heavy (non-hydrogen) atoms. The third-order valence-corrected chi connectivity index (χ3v) is 9.28. The van der Waals surface area contributed by atoms with E-state index in [9.17, 15) is 9.59 Å². The van der Waals surface area contributed by atoms with Crippen LogP contribution in [0.25, 0.3) is 23.0 Å². The molecular formula is C32H25BrN4O3S2. The van der Waals surface area contributed by atoms with Crippen LogP contribution in [0.4, 0.5) is 0 Å². The highest BCUT2D eigenvalue weighted by atomic mass is 79.9. The van der Waals surface area contributed by atoms with Gasteiger partial charge in [0.1, 0.15) is 0 Å². The van der Waals surface area contributed by atoms with E-state index in [1.54, 1.807) is 23.3 Å². The molecule has 10 heteroatoms. The first-order chi connectivity index (χ1) is 20.4. The van der Waals surface area contributed by atoms with Crippen LogP contribution in [0.15, 0.2) is 115 Å². The van der Waals surface area contributed by atoms with Crippen molar-refractivity contribution in [2.45, 2.75) is 17.9 Å². The fraction of sp³-hybridized carbons (Fsp3) is 0.125. The van der Waals surface area contributed by atoms with E-state index in [4.69, 9.17) is 9.84 Å². The van der Waals surface area contributed by atoms with Crippen LogP contribution in [0.5, 0.6) is 0 Å². The molecule has 1 atom stereocenters. The first-order valence-electron chi connectivity index (χ1n) is 13.0. The van der Waals surface area contributed by atoms with E-state index in [0.717, 1.165) is 37.4 Å². The Morgan fingerprint density at radius 2 is 1.76 bits per heavy atom. The van der Waals surface area contributed by atoms with Gasteiger partial charge in [-0.05, 0) is 61.2 Å². The number of para-hydroxylation sites is 1. The summed E-state index contributed by atoms with van der Waals surface area (Å²) in [6.45, 7) is 1.78. The molecule has 0 amide bonds. The lowest BCUT2D eigenvalue weighted by Crippen LogP contribution is -2.39. The topological polar surface area (TPSA) is 78.5 Å². The van der Waals surface area contributed by atoms with E-state index in [2.05, 4.69) is 20.9 Å². The number of hydrogen-bond acceptors (Lipinski definition) is 7. The third kappa shape index (κ3) is 5.21.